The van der Waals surface area contributed by atoms with Gasteiger partial charge in [-0.2, -0.15) is 0 Å². The van der Waals surface area contributed by atoms with Crippen LogP contribution in [0.15, 0.2) is 24.3 Å². The molecule has 1 atom stereocenters. The molecule has 1 aliphatic rings. The van der Waals surface area contributed by atoms with Crippen molar-refractivity contribution in [1.82, 2.24) is 10.0 Å². The largest absolute Gasteiger partial charge is 0.497 e. The first-order chi connectivity index (χ1) is 10.5. The molecule has 0 radical (unpaired) electrons. The van der Waals surface area contributed by atoms with Gasteiger partial charge in [-0.3, -0.25) is 0 Å². The van der Waals surface area contributed by atoms with E-state index in [0.29, 0.717) is 24.5 Å². The molecule has 0 bridgehead atoms. The van der Waals surface area contributed by atoms with E-state index >= 15 is 0 Å². The number of sulfonamides is 1. The van der Waals surface area contributed by atoms with Gasteiger partial charge in [-0.25, -0.2) is 13.1 Å². The Balaban J connectivity index is 0.00000264. The minimum Gasteiger partial charge on any atom is -0.497 e. The third-order valence-electron chi connectivity index (χ3n) is 3.87. The number of methoxy groups -OCH3 is 2. The summed E-state index contributed by atoms with van der Waals surface area (Å²) in [4.78, 5) is 0. The summed E-state index contributed by atoms with van der Waals surface area (Å²) in [6.45, 7) is 1.72. The quantitative estimate of drug-likeness (QED) is 0.727. The minimum atomic E-state index is -3.40. The first-order valence-electron chi connectivity index (χ1n) is 7.33. The fourth-order valence-corrected chi connectivity index (χ4v) is 3.97. The second kappa shape index (κ2) is 8.84. The van der Waals surface area contributed by atoms with Crippen LogP contribution < -0.4 is 14.8 Å². The molecule has 132 valence electrons. The van der Waals surface area contributed by atoms with Crippen molar-refractivity contribution >= 4 is 22.4 Å². The molecule has 1 unspecified atom stereocenters. The summed E-state index contributed by atoms with van der Waals surface area (Å²) in [5.74, 6) is 0.591. The molecule has 8 heteroatoms. The van der Waals surface area contributed by atoms with E-state index in [4.69, 9.17) is 9.47 Å². The fourth-order valence-electron chi connectivity index (χ4n) is 2.75. The topological polar surface area (TPSA) is 76.7 Å². The van der Waals surface area contributed by atoms with Gasteiger partial charge in [0.2, 0.25) is 10.0 Å². The lowest BCUT2D eigenvalue weighted by molar-refractivity contribution is 0.122. The van der Waals surface area contributed by atoms with Crippen LogP contribution in [0.25, 0.3) is 0 Å². The van der Waals surface area contributed by atoms with E-state index in [-0.39, 0.29) is 23.7 Å². The molecule has 2 N–H and O–H groups in total. The van der Waals surface area contributed by atoms with Gasteiger partial charge in [-0.05, 0) is 37.1 Å². The maximum atomic E-state index is 12.3. The van der Waals surface area contributed by atoms with Crippen LogP contribution in [0.4, 0.5) is 0 Å². The molecule has 0 saturated carbocycles. The molecule has 1 fully saturated rings. The Morgan fingerprint density at radius 1 is 1.35 bits per heavy atom. The highest BCUT2D eigenvalue weighted by molar-refractivity contribution is 7.88. The number of ether oxygens (including phenoxy) is 2. The summed E-state index contributed by atoms with van der Waals surface area (Å²) < 4.78 is 37.6. The Bertz CT molecular complexity index is 589. The number of hydrogen-bond acceptors (Lipinski definition) is 5. The summed E-state index contributed by atoms with van der Waals surface area (Å²) in [5.41, 5.74) is 0.406. The number of hydrogen-bond donors (Lipinski definition) is 2. The average molecular weight is 365 g/mol. The highest BCUT2D eigenvalue weighted by Crippen LogP contribution is 2.20. The van der Waals surface area contributed by atoms with Crippen molar-refractivity contribution in [3.05, 3.63) is 29.8 Å². The molecule has 6 nitrogen and oxygen atoms in total. The fraction of sp³-hybridized carbons (Fsp3) is 0.600. The van der Waals surface area contributed by atoms with Crippen molar-refractivity contribution in [2.45, 2.75) is 24.1 Å². The van der Waals surface area contributed by atoms with Crippen LogP contribution in [0.2, 0.25) is 0 Å². The van der Waals surface area contributed by atoms with Crippen molar-refractivity contribution in [3.8, 4) is 5.75 Å². The van der Waals surface area contributed by atoms with Gasteiger partial charge in [0.15, 0.2) is 0 Å². The van der Waals surface area contributed by atoms with E-state index in [2.05, 4.69) is 10.0 Å². The van der Waals surface area contributed by atoms with Crippen molar-refractivity contribution in [2.75, 3.05) is 33.9 Å². The zero-order valence-electron chi connectivity index (χ0n) is 13.5. The highest BCUT2D eigenvalue weighted by Gasteiger charge is 2.34. The summed E-state index contributed by atoms with van der Waals surface area (Å²) in [6.07, 6.45) is 1.93. The van der Waals surface area contributed by atoms with E-state index in [1.54, 1.807) is 38.5 Å². The van der Waals surface area contributed by atoms with E-state index < -0.39 is 10.0 Å². The van der Waals surface area contributed by atoms with Crippen molar-refractivity contribution in [2.24, 2.45) is 0 Å². The molecule has 0 aliphatic carbocycles. The highest BCUT2D eigenvalue weighted by atomic mass is 35.5. The van der Waals surface area contributed by atoms with Gasteiger partial charge in [0.1, 0.15) is 5.75 Å². The number of rotatable bonds is 8. The summed E-state index contributed by atoms with van der Waals surface area (Å²) in [6, 6.07) is 7.09. The maximum Gasteiger partial charge on any atom is 0.215 e. The molecule has 0 amide bonds. The predicted octanol–water partition coefficient (Wildman–Crippen LogP) is 1.30. The third-order valence-corrected chi connectivity index (χ3v) is 5.17. The molecule has 0 spiro atoms. The summed E-state index contributed by atoms with van der Waals surface area (Å²) >= 11 is 0. The van der Waals surface area contributed by atoms with Crippen molar-refractivity contribution in [1.29, 1.82) is 0 Å². The molecule has 2 rings (SSSR count). The normalized spacial score (nSPS) is 21.0. The lowest BCUT2D eigenvalue weighted by atomic mass is 9.99. The van der Waals surface area contributed by atoms with Crippen LogP contribution in [0, 0.1) is 0 Å². The van der Waals surface area contributed by atoms with Crippen LogP contribution in [-0.4, -0.2) is 47.9 Å². The van der Waals surface area contributed by atoms with Crippen LogP contribution in [-0.2, 0) is 20.5 Å². The smallest absolute Gasteiger partial charge is 0.215 e. The first kappa shape index (κ1) is 20.2. The van der Waals surface area contributed by atoms with E-state index in [9.17, 15) is 8.42 Å². The molecule has 1 saturated heterocycles. The average Bonchev–Trinajstić information content (AvgIpc) is 2.95. The molecule has 1 heterocycles. The minimum absolute atomic E-state index is 0. The molecule has 1 aliphatic heterocycles. The third kappa shape index (κ3) is 5.93. The zero-order chi connectivity index (χ0) is 16.1. The van der Waals surface area contributed by atoms with Gasteiger partial charge in [0.25, 0.3) is 0 Å². The van der Waals surface area contributed by atoms with Crippen LogP contribution in [0.1, 0.15) is 18.4 Å². The predicted molar refractivity (Wildman–Crippen MR) is 92.7 cm³/mol. The van der Waals surface area contributed by atoms with Crippen molar-refractivity contribution in [3.63, 3.8) is 0 Å². The second-order valence-electron chi connectivity index (χ2n) is 5.68. The lowest BCUT2D eigenvalue weighted by Crippen LogP contribution is -2.53. The van der Waals surface area contributed by atoms with Crippen LogP contribution in [0.5, 0.6) is 5.75 Å². The molecular weight excluding hydrogens is 340 g/mol. The number of nitrogens with one attached hydrogen (secondary N) is 2. The van der Waals surface area contributed by atoms with Gasteiger partial charge in [-0.1, -0.05) is 12.1 Å². The monoisotopic (exact) mass is 364 g/mol. The van der Waals surface area contributed by atoms with Crippen molar-refractivity contribution < 1.29 is 17.9 Å². The standard InChI is InChI=1S/C15H24N2O4S.ClH/c1-20-12-15(7-4-8-16-15)11-17-22(18,19)10-13-5-3-6-14(9-13)21-2;/h3,5-6,9,16-17H,4,7-8,10-12H2,1-2H3;1H. The Morgan fingerprint density at radius 2 is 2.13 bits per heavy atom. The Labute approximate surface area is 144 Å². The van der Waals surface area contributed by atoms with Gasteiger partial charge in [0.05, 0.1) is 25.0 Å². The summed E-state index contributed by atoms with van der Waals surface area (Å²) in [7, 11) is -0.212. The lowest BCUT2D eigenvalue weighted by Gasteiger charge is -2.28. The Morgan fingerprint density at radius 3 is 2.74 bits per heavy atom. The molecule has 1 aromatic carbocycles. The zero-order valence-corrected chi connectivity index (χ0v) is 15.1. The summed E-state index contributed by atoms with van der Waals surface area (Å²) in [5, 5.41) is 3.35. The Hall–Kier alpha value is -0.860. The van der Waals surface area contributed by atoms with Gasteiger partial charge >= 0.3 is 0 Å². The molecular formula is C15H25ClN2O4S. The molecule has 0 aromatic heterocycles. The first-order valence-corrected chi connectivity index (χ1v) is 8.98. The number of benzene rings is 1. The van der Waals surface area contributed by atoms with E-state index in [0.717, 1.165) is 19.4 Å². The van der Waals surface area contributed by atoms with Gasteiger partial charge < -0.3 is 14.8 Å². The SMILES string of the molecule is COCC1(CNS(=O)(=O)Cc2cccc(OC)c2)CCCN1.Cl. The second-order valence-corrected chi connectivity index (χ2v) is 7.48. The van der Waals surface area contributed by atoms with Gasteiger partial charge in [-0.15, -0.1) is 12.4 Å². The molecule has 1 aromatic rings. The van der Waals surface area contributed by atoms with Crippen LogP contribution in [0.3, 0.4) is 0 Å². The Kier molecular flexibility index (Phi) is 7.76. The number of halogens is 1. The molecule has 23 heavy (non-hydrogen) atoms. The maximum absolute atomic E-state index is 12.3. The van der Waals surface area contributed by atoms with E-state index in [1.807, 2.05) is 0 Å². The van der Waals surface area contributed by atoms with Gasteiger partial charge in [0, 0.05) is 13.7 Å². The van der Waals surface area contributed by atoms with Crippen LogP contribution >= 0.6 is 12.4 Å². The van der Waals surface area contributed by atoms with E-state index in [1.165, 1.54) is 0 Å².